The van der Waals surface area contributed by atoms with Gasteiger partial charge < -0.3 is 15.0 Å². The van der Waals surface area contributed by atoms with Crippen molar-refractivity contribution < 1.29 is 22.7 Å². The fourth-order valence-electron chi connectivity index (χ4n) is 5.14. The zero-order valence-electron chi connectivity index (χ0n) is 21.4. The van der Waals surface area contributed by atoms with Crippen LogP contribution in [0.4, 0.5) is 5.13 Å². The number of benzene rings is 1. The predicted molar refractivity (Wildman–Crippen MR) is 147 cm³/mol. The SMILES string of the molecule is O=C(Nc1nccs1)C(CC1CCCCC1)N1CCN(S(=O)(=O)c2ccc(Oc3ccccn3)cc2)CC1=O. The number of piperazine rings is 1. The number of nitrogens with one attached hydrogen (secondary N) is 1. The second-order valence-corrected chi connectivity index (χ2v) is 12.6. The van der Waals surface area contributed by atoms with Crippen LogP contribution in [0.5, 0.6) is 11.6 Å². The van der Waals surface area contributed by atoms with Crippen LogP contribution in [-0.4, -0.2) is 65.1 Å². The lowest BCUT2D eigenvalue weighted by atomic mass is 9.84. The molecule has 1 saturated carbocycles. The highest BCUT2D eigenvalue weighted by Crippen LogP contribution is 2.30. The summed E-state index contributed by atoms with van der Waals surface area (Å²) in [6.45, 7) is -0.0756. The number of thiazole rings is 1. The van der Waals surface area contributed by atoms with Crippen LogP contribution in [-0.2, 0) is 19.6 Å². The molecule has 3 aromatic rings. The Morgan fingerprint density at radius 1 is 1.05 bits per heavy atom. The first kappa shape index (κ1) is 27.2. The van der Waals surface area contributed by atoms with Crippen molar-refractivity contribution in [3.63, 3.8) is 0 Å². The van der Waals surface area contributed by atoms with Crippen molar-refractivity contribution in [3.05, 3.63) is 60.2 Å². The molecule has 39 heavy (non-hydrogen) atoms. The maximum Gasteiger partial charge on any atom is 0.248 e. The molecule has 1 aliphatic carbocycles. The van der Waals surface area contributed by atoms with E-state index in [1.807, 2.05) is 0 Å². The van der Waals surface area contributed by atoms with Crippen LogP contribution in [0.1, 0.15) is 38.5 Å². The minimum absolute atomic E-state index is 0.0670. The van der Waals surface area contributed by atoms with Crippen molar-refractivity contribution in [1.29, 1.82) is 0 Å². The Bertz CT molecular complexity index is 1360. The Hall–Kier alpha value is -3.35. The standard InChI is InChI=1S/C27H31N5O5S2/c33-25-19-31(39(35,36)22-11-9-21(10-12-22)37-24-8-4-5-13-28-24)15-16-32(25)23(18-20-6-2-1-3-7-20)26(34)30-27-29-14-17-38-27/h4-5,8-14,17,20,23H,1-3,6-7,15-16,18-19H2,(H,29,30,34). The van der Waals surface area contributed by atoms with Crippen LogP contribution in [0.15, 0.2) is 65.1 Å². The van der Waals surface area contributed by atoms with Gasteiger partial charge in [0.2, 0.25) is 27.7 Å². The van der Waals surface area contributed by atoms with Gasteiger partial charge in [0.05, 0.1) is 11.4 Å². The number of sulfonamides is 1. The van der Waals surface area contributed by atoms with Crippen molar-refractivity contribution in [1.82, 2.24) is 19.2 Å². The molecular formula is C27H31N5O5S2. The van der Waals surface area contributed by atoms with Crippen molar-refractivity contribution >= 4 is 38.3 Å². The molecule has 0 bridgehead atoms. The number of ether oxygens (including phenoxy) is 1. The Morgan fingerprint density at radius 3 is 2.51 bits per heavy atom. The highest BCUT2D eigenvalue weighted by molar-refractivity contribution is 7.89. The van der Waals surface area contributed by atoms with Gasteiger partial charge in [0.25, 0.3) is 0 Å². The van der Waals surface area contributed by atoms with E-state index in [2.05, 4.69) is 15.3 Å². The average molecular weight is 570 g/mol. The molecule has 2 aliphatic rings. The molecule has 0 spiro atoms. The van der Waals surface area contributed by atoms with Gasteiger partial charge in [-0.05, 0) is 42.7 Å². The Morgan fingerprint density at radius 2 is 1.85 bits per heavy atom. The van der Waals surface area contributed by atoms with Crippen LogP contribution in [0.3, 0.4) is 0 Å². The van der Waals surface area contributed by atoms with E-state index in [-0.39, 0.29) is 36.3 Å². The van der Waals surface area contributed by atoms with Gasteiger partial charge in [0, 0.05) is 36.9 Å². The zero-order valence-corrected chi connectivity index (χ0v) is 23.1. The largest absolute Gasteiger partial charge is 0.439 e. The summed E-state index contributed by atoms with van der Waals surface area (Å²) in [5.74, 6) is 0.549. The summed E-state index contributed by atoms with van der Waals surface area (Å²) in [5.41, 5.74) is 0. The first-order valence-corrected chi connectivity index (χ1v) is 15.4. The molecule has 206 valence electrons. The highest BCUT2D eigenvalue weighted by atomic mass is 32.2. The number of aromatic nitrogens is 2. The lowest BCUT2D eigenvalue weighted by molar-refractivity contribution is -0.142. The summed E-state index contributed by atoms with van der Waals surface area (Å²) >= 11 is 1.32. The Kier molecular flexibility index (Phi) is 8.53. The number of pyridine rings is 1. The number of nitrogens with zero attached hydrogens (tertiary/aromatic N) is 4. The number of carbonyl (C=O) groups is 2. The van der Waals surface area contributed by atoms with Crippen LogP contribution in [0.25, 0.3) is 0 Å². The van der Waals surface area contributed by atoms with E-state index >= 15 is 0 Å². The molecule has 2 aromatic heterocycles. The van der Waals surface area contributed by atoms with E-state index in [1.54, 1.807) is 53.0 Å². The van der Waals surface area contributed by atoms with E-state index in [0.717, 1.165) is 25.7 Å². The molecule has 2 fully saturated rings. The Labute approximate surface area is 232 Å². The van der Waals surface area contributed by atoms with Crippen molar-refractivity contribution in [2.45, 2.75) is 49.5 Å². The van der Waals surface area contributed by atoms with Gasteiger partial charge in [-0.25, -0.2) is 18.4 Å². The maximum absolute atomic E-state index is 13.4. The average Bonchev–Trinajstić information content (AvgIpc) is 3.46. The van der Waals surface area contributed by atoms with Gasteiger partial charge in [0.15, 0.2) is 5.13 Å². The van der Waals surface area contributed by atoms with Crippen LogP contribution >= 0.6 is 11.3 Å². The van der Waals surface area contributed by atoms with Gasteiger partial charge in [-0.3, -0.25) is 9.59 Å². The monoisotopic (exact) mass is 569 g/mol. The number of hydrogen-bond acceptors (Lipinski definition) is 8. The third-order valence-electron chi connectivity index (χ3n) is 7.17. The lowest BCUT2D eigenvalue weighted by Crippen LogP contribution is -2.58. The predicted octanol–water partition coefficient (Wildman–Crippen LogP) is 4.14. The first-order valence-electron chi connectivity index (χ1n) is 13.1. The summed E-state index contributed by atoms with van der Waals surface area (Å²) < 4.78 is 33.5. The van der Waals surface area contributed by atoms with E-state index < -0.39 is 16.1 Å². The molecule has 10 nitrogen and oxygen atoms in total. The second kappa shape index (κ2) is 12.2. The fraction of sp³-hybridized carbons (Fsp3) is 0.407. The Balaban J connectivity index is 1.27. The topological polar surface area (TPSA) is 122 Å². The van der Waals surface area contributed by atoms with Crippen molar-refractivity contribution in [3.8, 4) is 11.6 Å². The van der Waals surface area contributed by atoms with Crippen LogP contribution in [0.2, 0.25) is 0 Å². The molecule has 1 unspecified atom stereocenters. The molecular weight excluding hydrogens is 538 g/mol. The summed E-state index contributed by atoms with van der Waals surface area (Å²) in [7, 11) is -3.92. The summed E-state index contributed by atoms with van der Waals surface area (Å²) in [4.78, 5) is 36.5. The molecule has 12 heteroatoms. The molecule has 2 amide bonds. The minimum Gasteiger partial charge on any atom is -0.439 e. The number of carbonyl (C=O) groups excluding carboxylic acids is 2. The van der Waals surface area contributed by atoms with E-state index in [0.29, 0.717) is 29.1 Å². The lowest BCUT2D eigenvalue weighted by Gasteiger charge is -2.39. The van der Waals surface area contributed by atoms with Crippen molar-refractivity contribution in [2.24, 2.45) is 5.92 Å². The van der Waals surface area contributed by atoms with Crippen LogP contribution in [0, 0.1) is 5.92 Å². The molecule has 3 heterocycles. The third-order valence-corrected chi connectivity index (χ3v) is 9.71. The van der Waals surface area contributed by atoms with Crippen molar-refractivity contribution in [2.75, 3.05) is 25.0 Å². The smallest absolute Gasteiger partial charge is 0.248 e. The second-order valence-electron chi connectivity index (χ2n) is 9.75. The number of hydrogen-bond donors (Lipinski definition) is 1. The van der Waals surface area contributed by atoms with E-state index in [1.165, 1.54) is 34.2 Å². The zero-order chi connectivity index (χ0) is 27.2. The normalized spacial score (nSPS) is 18.1. The minimum atomic E-state index is -3.92. The molecule has 1 saturated heterocycles. The molecule has 1 aromatic carbocycles. The quantitative estimate of drug-likeness (QED) is 0.411. The molecule has 5 rings (SSSR count). The molecule has 1 aliphatic heterocycles. The molecule has 0 radical (unpaired) electrons. The fourth-order valence-corrected chi connectivity index (χ4v) is 7.06. The van der Waals surface area contributed by atoms with Gasteiger partial charge in [-0.1, -0.05) is 38.2 Å². The summed E-state index contributed by atoms with van der Waals surface area (Å²) in [5, 5.41) is 5.11. The molecule has 1 N–H and O–H groups in total. The van der Waals surface area contributed by atoms with Gasteiger partial charge in [0.1, 0.15) is 11.8 Å². The first-order chi connectivity index (χ1) is 18.9. The van der Waals surface area contributed by atoms with E-state index in [9.17, 15) is 18.0 Å². The third kappa shape index (κ3) is 6.63. The van der Waals surface area contributed by atoms with Gasteiger partial charge in [-0.2, -0.15) is 4.31 Å². The van der Waals surface area contributed by atoms with Crippen LogP contribution < -0.4 is 10.1 Å². The number of amides is 2. The number of anilines is 1. The van der Waals surface area contributed by atoms with Gasteiger partial charge >= 0.3 is 0 Å². The van der Waals surface area contributed by atoms with Gasteiger partial charge in [-0.15, -0.1) is 11.3 Å². The number of rotatable bonds is 9. The summed E-state index contributed by atoms with van der Waals surface area (Å²) in [6, 6.07) is 10.6. The molecule has 1 atom stereocenters. The van der Waals surface area contributed by atoms with E-state index in [4.69, 9.17) is 4.74 Å². The highest BCUT2D eigenvalue weighted by Gasteiger charge is 2.39. The summed E-state index contributed by atoms with van der Waals surface area (Å²) in [6.07, 6.45) is 9.28. The maximum atomic E-state index is 13.4.